The average molecular weight is 394 g/mol. The molecule has 0 aliphatic carbocycles. The maximum atomic E-state index is 11.4. The molecule has 0 spiro atoms. The highest BCUT2D eigenvalue weighted by Crippen LogP contribution is 2.03. The maximum absolute atomic E-state index is 11.4. The molecule has 9 nitrogen and oxygen atoms in total. The fraction of sp³-hybridized carbons (Fsp3) is 0.833. The van der Waals surface area contributed by atoms with Crippen LogP contribution in [-0.2, 0) is 28.6 Å². The molecule has 0 saturated heterocycles. The monoisotopic (exact) mass is 393 g/mol. The van der Waals surface area contributed by atoms with Gasteiger partial charge in [-0.2, -0.15) is 0 Å². The van der Waals surface area contributed by atoms with E-state index < -0.39 is 0 Å². The van der Waals surface area contributed by atoms with Crippen LogP contribution < -0.4 is 10.6 Å². The van der Waals surface area contributed by atoms with Crippen LogP contribution in [0.1, 0.15) is 36.0 Å². The lowest BCUT2D eigenvalue weighted by Gasteiger charge is -2.29. The van der Waals surface area contributed by atoms with Crippen LogP contribution >= 0.6 is 0 Å². The second-order valence-corrected chi connectivity index (χ2v) is 6.38. The van der Waals surface area contributed by atoms with Gasteiger partial charge in [-0.15, -0.1) is 0 Å². The number of nitrogens with zero attached hydrogens (tertiary/aromatic N) is 1. The van der Waals surface area contributed by atoms with Crippen LogP contribution in [0.2, 0.25) is 0 Å². The highest BCUT2D eigenvalue weighted by molar-refractivity contribution is 5.70. The van der Waals surface area contributed by atoms with Gasteiger partial charge in [-0.25, -0.2) is 0 Å². The predicted molar refractivity (Wildman–Crippen MR) is 105 cm³/mol. The summed E-state index contributed by atoms with van der Waals surface area (Å²) in [6, 6.07) is 0.321. The Balaban J connectivity index is -0.00000338. The maximum Gasteiger partial charge on any atom is 0.306 e. The van der Waals surface area contributed by atoms with Gasteiger partial charge >= 0.3 is 17.9 Å². The molecule has 2 atom stereocenters. The van der Waals surface area contributed by atoms with E-state index in [9.17, 15) is 14.4 Å². The van der Waals surface area contributed by atoms with Crippen molar-refractivity contribution in [3.05, 3.63) is 0 Å². The molecule has 0 aliphatic rings. The van der Waals surface area contributed by atoms with Crippen LogP contribution in [0, 0.1) is 0 Å². The molecule has 0 amide bonds. The molecule has 0 bridgehead atoms. The Morgan fingerprint density at radius 3 is 1.81 bits per heavy atom. The zero-order chi connectivity index (χ0) is 20.7. The van der Waals surface area contributed by atoms with Gasteiger partial charge in [0.15, 0.2) is 0 Å². The third-order valence-corrected chi connectivity index (χ3v) is 4.22. The third-order valence-electron chi connectivity index (χ3n) is 4.22. The third kappa shape index (κ3) is 13.2. The number of nitrogens with one attached hydrogen (secondary N) is 2. The molecule has 27 heavy (non-hydrogen) atoms. The van der Waals surface area contributed by atoms with Gasteiger partial charge < -0.3 is 24.8 Å². The molecular formula is C18H39N3O6. The van der Waals surface area contributed by atoms with Crippen LogP contribution in [-0.4, -0.2) is 88.9 Å². The lowest BCUT2D eigenvalue weighted by Crippen LogP contribution is -2.45. The van der Waals surface area contributed by atoms with E-state index in [0.29, 0.717) is 32.6 Å². The van der Waals surface area contributed by atoms with Crippen LogP contribution in [0.4, 0.5) is 0 Å². The van der Waals surface area contributed by atoms with Crippen LogP contribution in [0.3, 0.4) is 0 Å². The molecule has 0 aromatic rings. The van der Waals surface area contributed by atoms with Crippen molar-refractivity contribution in [2.24, 2.45) is 0 Å². The summed E-state index contributed by atoms with van der Waals surface area (Å²) >= 11 is 0. The average Bonchev–Trinajstić information content (AvgIpc) is 2.66. The van der Waals surface area contributed by atoms with Gasteiger partial charge in [-0.3, -0.25) is 19.3 Å². The normalized spacial score (nSPS) is 13.1. The van der Waals surface area contributed by atoms with Crippen molar-refractivity contribution in [2.75, 3.05) is 54.1 Å². The van der Waals surface area contributed by atoms with Crippen molar-refractivity contribution >= 4 is 17.9 Å². The van der Waals surface area contributed by atoms with Gasteiger partial charge in [0, 0.05) is 47.7 Å². The predicted octanol–water partition coefficient (Wildman–Crippen LogP) is 0.426. The fourth-order valence-electron chi connectivity index (χ4n) is 2.46. The number of carbonyl (C=O) groups is 3. The molecule has 0 radical (unpaired) electrons. The Morgan fingerprint density at radius 1 is 0.852 bits per heavy atom. The summed E-state index contributed by atoms with van der Waals surface area (Å²) in [7, 11) is 4.10. The summed E-state index contributed by atoms with van der Waals surface area (Å²) in [6.07, 6.45) is 0.882. The first-order valence-electron chi connectivity index (χ1n) is 9.22. The van der Waals surface area contributed by atoms with E-state index in [1.807, 2.05) is 13.8 Å². The number of esters is 3. The number of carbonyl (C=O) groups excluding carboxylic acids is 3. The number of hydrogen-bond donors (Lipinski definition) is 2. The van der Waals surface area contributed by atoms with Crippen molar-refractivity contribution in [3.8, 4) is 0 Å². The molecule has 0 aromatic carbocycles. The van der Waals surface area contributed by atoms with E-state index in [-0.39, 0.29) is 45.7 Å². The Bertz CT molecular complexity index is 437. The number of ether oxygens (including phenoxy) is 3. The Kier molecular flexibility index (Phi) is 14.4. The summed E-state index contributed by atoms with van der Waals surface area (Å²) in [4.78, 5) is 36.0. The molecule has 0 rings (SSSR count). The van der Waals surface area contributed by atoms with Crippen molar-refractivity contribution < 1.29 is 31.4 Å². The van der Waals surface area contributed by atoms with Crippen LogP contribution in [0.25, 0.3) is 0 Å². The second kappa shape index (κ2) is 15.4. The van der Waals surface area contributed by atoms with E-state index in [1.54, 1.807) is 0 Å². The van der Waals surface area contributed by atoms with Crippen LogP contribution in [0.5, 0.6) is 0 Å². The molecule has 0 saturated carbocycles. The fourth-order valence-corrected chi connectivity index (χ4v) is 2.46. The zero-order valence-corrected chi connectivity index (χ0v) is 17.2. The molecule has 2 unspecified atom stereocenters. The van der Waals surface area contributed by atoms with E-state index in [0.717, 1.165) is 6.54 Å². The Labute approximate surface area is 165 Å². The van der Waals surface area contributed by atoms with Crippen molar-refractivity contribution in [1.82, 2.24) is 15.5 Å². The summed E-state index contributed by atoms with van der Waals surface area (Å²) in [5.41, 5.74) is 0. The summed E-state index contributed by atoms with van der Waals surface area (Å²) in [5, 5.41) is 6.61. The van der Waals surface area contributed by atoms with Crippen LogP contribution in [0.15, 0.2) is 0 Å². The lowest BCUT2D eigenvalue weighted by molar-refractivity contribution is -0.142. The number of rotatable bonds is 15. The highest BCUT2D eigenvalue weighted by atomic mass is 16.5. The van der Waals surface area contributed by atoms with E-state index >= 15 is 0 Å². The molecule has 0 aliphatic heterocycles. The molecule has 2 N–H and O–H groups in total. The minimum Gasteiger partial charge on any atom is -0.469 e. The number of hydrogen-bond acceptors (Lipinski definition) is 9. The molecule has 0 fully saturated rings. The highest BCUT2D eigenvalue weighted by Gasteiger charge is 2.17. The first-order valence-corrected chi connectivity index (χ1v) is 9.22. The van der Waals surface area contributed by atoms with E-state index in [4.69, 9.17) is 0 Å². The van der Waals surface area contributed by atoms with Gasteiger partial charge in [0.25, 0.3) is 0 Å². The SMILES string of the molecule is COC(=O)CCNC(C)CNCC(C)N(CCC(=O)OC)CCC(=O)OC.[HH].[HH]. The van der Waals surface area contributed by atoms with Gasteiger partial charge in [0.1, 0.15) is 0 Å². The minimum absolute atomic E-state index is 0. The van der Waals surface area contributed by atoms with Crippen molar-refractivity contribution in [2.45, 2.75) is 45.2 Å². The second-order valence-electron chi connectivity index (χ2n) is 6.38. The van der Waals surface area contributed by atoms with Crippen molar-refractivity contribution in [1.29, 1.82) is 0 Å². The minimum atomic E-state index is -0.276. The van der Waals surface area contributed by atoms with Gasteiger partial charge in [-0.05, 0) is 13.8 Å². The largest absolute Gasteiger partial charge is 0.469 e. The van der Waals surface area contributed by atoms with Gasteiger partial charge in [0.05, 0.1) is 40.6 Å². The molecule has 0 heterocycles. The van der Waals surface area contributed by atoms with Crippen molar-refractivity contribution in [3.63, 3.8) is 0 Å². The lowest BCUT2D eigenvalue weighted by atomic mass is 10.2. The first-order chi connectivity index (χ1) is 12.8. The zero-order valence-electron chi connectivity index (χ0n) is 17.2. The summed E-state index contributed by atoms with van der Waals surface area (Å²) < 4.78 is 14.0. The van der Waals surface area contributed by atoms with Gasteiger partial charge in [-0.1, -0.05) is 0 Å². The quantitative estimate of drug-likeness (QED) is 0.302. The van der Waals surface area contributed by atoms with E-state index in [2.05, 4.69) is 29.7 Å². The smallest absolute Gasteiger partial charge is 0.306 e. The topological polar surface area (TPSA) is 106 Å². The van der Waals surface area contributed by atoms with E-state index in [1.165, 1.54) is 21.3 Å². The Morgan fingerprint density at radius 2 is 1.33 bits per heavy atom. The summed E-state index contributed by atoms with van der Waals surface area (Å²) in [5.74, 6) is -0.786. The molecule has 9 heteroatoms. The Hall–Kier alpha value is -1.71. The first kappa shape index (κ1) is 25.3. The summed E-state index contributed by atoms with van der Waals surface area (Å²) in [6.45, 7) is 7.09. The number of methoxy groups -OCH3 is 3. The standard InChI is InChI=1S/C18H35N3O6.2H2/c1-14(20-9-6-16(22)25-3)12-19-13-15(2)21(10-7-17(23)26-4)11-8-18(24)27-5;;/h14-15,19-20H,6-13H2,1-5H3;2*1H. The molecule has 162 valence electrons. The van der Waals surface area contributed by atoms with Gasteiger partial charge in [0.2, 0.25) is 0 Å². The molecular weight excluding hydrogens is 354 g/mol. The molecule has 0 aromatic heterocycles.